The van der Waals surface area contributed by atoms with E-state index in [-0.39, 0.29) is 11.0 Å². The maximum atomic E-state index is 4.47. The quantitative estimate of drug-likeness (QED) is 0.412. The van der Waals surface area contributed by atoms with Gasteiger partial charge in [-0.1, -0.05) is 36.4 Å². The fourth-order valence-electron chi connectivity index (χ4n) is 3.47. The number of benzene rings is 1. The van der Waals surface area contributed by atoms with Crippen LogP contribution in [0, 0.1) is 0 Å². The second-order valence-corrected chi connectivity index (χ2v) is 7.00. The van der Waals surface area contributed by atoms with Gasteiger partial charge < -0.3 is 20.1 Å². The highest BCUT2D eigenvalue weighted by Crippen LogP contribution is 2.18. The van der Waals surface area contributed by atoms with E-state index >= 15 is 0 Å². The predicted octanol–water partition coefficient (Wildman–Crippen LogP) is 2.65. The van der Waals surface area contributed by atoms with Crippen LogP contribution in [0.1, 0.15) is 11.1 Å². The molecule has 1 aromatic carbocycles. The molecule has 0 aliphatic rings. The topological polar surface area (TPSA) is 124 Å². The van der Waals surface area contributed by atoms with Gasteiger partial charge >= 0.3 is 0 Å². The lowest BCUT2D eigenvalue weighted by Crippen LogP contribution is -2.04. The lowest BCUT2D eigenvalue weighted by atomic mass is 10.1. The minimum atomic E-state index is 0. The summed E-state index contributed by atoms with van der Waals surface area (Å²) in [5.74, 6) is 1.75. The SMILES string of the molecule is O.O.c1ccc(-c2nccn2Cc2ccc(Cn3ccnc3-c3ccccn3)cc2)nc1. The van der Waals surface area contributed by atoms with Crippen molar-refractivity contribution in [2.24, 2.45) is 0 Å². The van der Waals surface area contributed by atoms with Gasteiger partial charge in [-0.15, -0.1) is 0 Å². The van der Waals surface area contributed by atoms with Crippen LogP contribution >= 0.6 is 0 Å². The Bertz CT molecular complexity index is 1140. The second kappa shape index (κ2) is 10.3. The lowest BCUT2D eigenvalue weighted by Gasteiger charge is -2.10. The normalized spacial score (nSPS) is 10.2. The largest absolute Gasteiger partial charge is 0.412 e. The van der Waals surface area contributed by atoms with Gasteiger partial charge in [0.15, 0.2) is 11.6 Å². The van der Waals surface area contributed by atoms with Crippen LogP contribution in [0.25, 0.3) is 23.0 Å². The highest BCUT2D eigenvalue weighted by molar-refractivity contribution is 5.50. The van der Waals surface area contributed by atoms with Gasteiger partial charge in [0, 0.05) is 50.3 Å². The molecule has 0 fully saturated rings. The van der Waals surface area contributed by atoms with E-state index in [1.807, 2.05) is 61.2 Å². The molecule has 5 aromatic rings. The van der Waals surface area contributed by atoms with Gasteiger partial charge in [-0.3, -0.25) is 9.97 Å². The van der Waals surface area contributed by atoms with Crippen molar-refractivity contribution in [3.05, 3.63) is 109 Å². The van der Waals surface area contributed by atoms with Crippen LogP contribution in [0.15, 0.2) is 97.8 Å². The molecule has 8 heteroatoms. The molecular weight excluding hydrogens is 404 g/mol. The zero-order valence-electron chi connectivity index (χ0n) is 17.3. The molecule has 4 N–H and O–H groups in total. The summed E-state index contributed by atoms with van der Waals surface area (Å²) >= 11 is 0. The maximum absolute atomic E-state index is 4.47. The molecule has 4 heterocycles. The van der Waals surface area contributed by atoms with Gasteiger partial charge in [0.05, 0.1) is 0 Å². The van der Waals surface area contributed by atoms with E-state index in [4.69, 9.17) is 0 Å². The molecule has 0 bridgehead atoms. The van der Waals surface area contributed by atoms with Gasteiger partial charge in [0.1, 0.15) is 11.4 Å². The monoisotopic (exact) mass is 428 g/mol. The van der Waals surface area contributed by atoms with Crippen LogP contribution in [0.5, 0.6) is 0 Å². The highest BCUT2D eigenvalue weighted by Gasteiger charge is 2.09. The average Bonchev–Trinajstić information content (AvgIpc) is 3.46. The first-order valence-corrected chi connectivity index (χ1v) is 9.80. The Morgan fingerprint density at radius 3 is 1.31 bits per heavy atom. The highest BCUT2D eigenvalue weighted by atomic mass is 16.0. The van der Waals surface area contributed by atoms with E-state index in [0.717, 1.165) is 36.1 Å². The molecule has 0 aliphatic carbocycles. The van der Waals surface area contributed by atoms with Crippen molar-refractivity contribution in [1.82, 2.24) is 29.1 Å². The van der Waals surface area contributed by atoms with Gasteiger partial charge in [0.2, 0.25) is 0 Å². The van der Waals surface area contributed by atoms with Crippen LogP contribution in [-0.4, -0.2) is 40.0 Å². The Kier molecular flexibility index (Phi) is 7.22. The van der Waals surface area contributed by atoms with Gasteiger partial charge in [-0.05, 0) is 35.4 Å². The number of hydrogen-bond donors (Lipinski definition) is 0. The summed E-state index contributed by atoms with van der Waals surface area (Å²) in [5, 5.41) is 0. The van der Waals surface area contributed by atoms with Crippen molar-refractivity contribution in [1.29, 1.82) is 0 Å². The van der Waals surface area contributed by atoms with E-state index < -0.39 is 0 Å². The molecule has 0 saturated heterocycles. The molecule has 5 rings (SSSR count). The van der Waals surface area contributed by atoms with Crippen LogP contribution < -0.4 is 0 Å². The Balaban J connectivity index is 0.00000144. The number of hydrogen-bond acceptors (Lipinski definition) is 4. The third kappa shape index (κ3) is 4.77. The molecule has 0 spiro atoms. The molecule has 0 radical (unpaired) electrons. The summed E-state index contributed by atoms with van der Waals surface area (Å²) in [6.45, 7) is 1.49. The van der Waals surface area contributed by atoms with Crippen LogP contribution in [0.3, 0.4) is 0 Å². The van der Waals surface area contributed by atoms with Crippen molar-refractivity contribution in [2.45, 2.75) is 13.1 Å². The van der Waals surface area contributed by atoms with E-state index in [9.17, 15) is 0 Å². The minimum absolute atomic E-state index is 0. The summed E-state index contributed by atoms with van der Waals surface area (Å²) in [7, 11) is 0. The molecule has 0 aliphatic heterocycles. The number of rotatable bonds is 6. The van der Waals surface area contributed by atoms with Gasteiger partial charge in [-0.25, -0.2) is 9.97 Å². The van der Waals surface area contributed by atoms with Crippen molar-refractivity contribution in [3.63, 3.8) is 0 Å². The van der Waals surface area contributed by atoms with E-state index in [1.165, 1.54) is 11.1 Å². The second-order valence-electron chi connectivity index (χ2n) is 7.00. The first-order valence-electron chi connectivity index (χ1n) is 9.80. The predicted molar refractivity (Wildman–Crippen MR) is 123 cm³/mol. The third-order valence-corrected chi connectivity index (χ3v) is 4.95. The summed E-state index contributed by atoms with van der Waals surface area (Å²) in [4.78, 5) is 17.8. The number of pyridine rings is 2. The lowest BCUT2D eigenvalue weighted by molar-refractivity contribution is 0.791. The van der Waals surface area contributed by atoms with Gasteiger partial charge in [0.25, 0.3) is 0 Å². The van der Waals surface area contributed by atoms with E-state index in [2.05, 4.69) is 53.3 Å². The molecule has 0 amide bonds. The van der Waals surface area contributed by atoms with Crippen molar-refractivity contribution >= 4 is 0 Å². The summed E-state index contributed by atoms with van der Waals surface area (Å²) < 4.78 is 4.23. The Hall–Kier alpha value is -4.14. The first-order chi connectivity index (χ1) is 14.9. The maximum Gasteiger partial charge on any atom is 0.158 e. The van der Waals surface area contributed by atoms with Crippen LogP contribution in [0.2, 0.25) is 0 Å². The summed E-state index contributed by atoms with van der Waals surface area (Å²) in [6.07, 6.45) is 11.2. The molecule has 0 unspecified atom stereocenters. The zero-order chi connectivity index (χ0) is 20.2. The molecule has 0 saturated carbocycles. The average molecular weight is 428 g/mol. The minimum Gasteiger partial charge on any atom is -0.412 e. The third-order valence-electron chi connectivity index (χ3n) is 4.95. The number of imidazole rings is 2. The van der Waals surface area contributed by atoms with Crippen LogP contribution in [0.4, 0.5) is 0 Å². The van der Waals surface area contributed by atoms with E-state index in [0.29, 0.717) is 0 Å². The van der Waals surface area contributed by atoms with Crippen LogP contribution in [-0.2, 0) is 13.1 Å². The Labute approximate surface area is 185 Å². The standard InChI is InChI=1S/C24H20N6.2H2O/c1-3-11-25-21(5-1)23-27-13-15-29(23)17-19-7-9-20(10-8-19)18-30-16-14-28-24(30)22-6-2-4-12-26-22;;/h1-16H,17-18H2;2*1H2. The van der Waals surface area contributed by atoms with E-state index in [1.54, 1.807) is 12.4 Å². The molecule has 0 atom stereocenters. The molecular formula is C24H24N6O2. The fourth-order valence-corrected chi connectivity index (χ4v) is 3.47. The van der Waals surface area contributed by atoms with Gasteiger partial charge in [-0.2, -0.15) is 0 Å². The number of aromatic nitrogens is 6. The van der Waals surface area contributed by atoms with Crippen molar-refractivity contribution in [2.75, 3.05) is 0 Å². The molecule has 32 heavy (non-hydrogen) atoms. The Morgan fingerprint density at radius 1 is 0.500 bits per heavy atom. The first kappa shape index (κ1) is 22.5. The fraction of sp³-hybridized carbons (Fsp3) is 0.0833. The number of nitrogens with zero attached hydrogens (tertiary/aromatic N) is 6. The van der Waals surface area contributed by atoms with Crippen molar-refractivity contribution < 1.29 is 11.0 Å². The smallest absolute Gasteiger partial charge is 0.158 e. The van der Waals surface area contributed by atoms with Crippen molar-refractivity contribution in [3.8, 4) is 23.0 Å². The summed E-state index contributed by atoms with van der Waals surface area (Å²) in [5.41, 5.74) is 4.18. The molecule has 162 valence electrons. The molecule has 8 nitrogen and oxygen atoms in total. The zero-order valence-corrected chi connectivity index (χ0v) is 17.3. The molecule has 4 aromatic heterocycles. The Morgan fingerprint density at radius 2 is 0.938 bits per heavy atom. The summed E-state index contributed by atoms with van der Waals surface area (Å²) in [6, 6.07) is 20.4.